The molecule has 0 aliphatic rings. The molecule has 2 N–H and O–H groups in total. The van der Waals surface area contributed by atoms with E-state index in [-0.39, 0.29) is 4.99 Å². The summed E-state index contributed by atoms with van der Waals surface area (Å²) in [5.41, 5.74) is 8.13. The molecule has 2 nitrogen and oxygen atoms in total. The van der Waals surface area contributed by atoms with E-state index in [0.717, 1.165) is 16.1 Å². The van der Waals surface area contributed by atoms with Gasteiger partial charge < -0.3 is 10.5 Å². The molecule has 0 saturated carbocycles. The molecule has 0 radical (unpaired) electrons. The second kappa shape index (κ2) is 6.00. The topological polar surface area (TPSA) is 35.2 Å². The molecule has 2 aromatic rings. The third-order valence-corrected chi connectivity index (χ3v) is 3.97. The highest BCUT2D eigenvalue weighted by Gasteiger charge is 2.12. The van der Waals surface area contributed by atoms with Gasteiger partial charge in [-0.2, -0.15) is 0 Å². The van der Waals surface area contributed by atoms with Crippen LogP contribution in [0.15, 0.2) is 30.3 Å². The lowest BCUT2D eigenvalue weighted by atomic mass is 10.1. The maximum atomic E-state index is 6.14. The van der Waals surface area contributed by atoms with Crippen molar-refractivity contribution in [2.75, 3.05) is 0 Å². The molecule has 0 unspecified atom stereocenters. The van der Waals surface area contributed by atoms with Gasteiger partial charge in [0.2, 0.25) is 0 Å². The largest absolute Gasteiger partial charge is 0.457 e. The van der Waals surface area contributed by atoms with E-state index >= 15 is 0 Å². The molecule has 0 aliphatic heterocycles. The Kier molecular flexibility index (Phi) is 4.53. The van der Waals surface area contributed by atoms with Crippen molar-refractivity contribution in [2.24, 2.45) is 5.73 Å². The Morgan fingerprint density at radius 2 is 1.75 bits per heavy atom. The summed E-state index contributed by atoms with van der Waals surface area (Å²) in [6.07, 6.45) is 0. The molecule has 0 bridgehead atoms. The first kappa shape index (κ1) is 15.1. The van der Waals surface area contributed by atoms with Crippen LogP contribution in [0.25, 0.3) is 0 Å². The van der Waals surface area contributed by atoms with E-state index in [0.29, 0.717) is 22.1 Å². The Hall–Kier alpha value is -1.29. The number of thiocarbonyl (C=S) groups is 1. The predicted octanol–water partition coefficient (Wildman–Crippen LogP) is 5.04. The number of benzene rings is 2. The maximum absolute atomic E-state index is 6.14. The summed E-state index contributed by atoms with van der Waals surface area (Å²) in [6, 6.07) is 9.01. The molecule has 0 spiro atoms. The Labute approximate surface area is 133 Å². The molecule has 0 aliphatic carbocycles. The van der Waals surface area contributed by atoms with Crippen molar-refractivity contribution in [1.82, 2.24) is 0 Å². The van der Waals surface area contributed by atoms with Crippen LogP contribution in [-0.4, -0.2) is 4.99 Å². The molecule has 2 aromatic carbocycles. The molecular weight excluding hydrogens is 313 g/mol. The summed E-state index contributed by atoms with van der Waals surface area (Å²) in [5, 5.41) is 1.20. The SMILES string of the molecule is Cc1cc(Oc2cccc(Cl)c2C(N)=S)cc(C)c1Cl. The van der Waals surface area contributed by atoms with Gasteiger partial charge in [-0.05, 0) is 49.2 Å². The average Bonchev–Trinajstić information content (AvgIpc) is 2.35. The van der Waals surface area contributed by atoms with Gasteiger partial charge in [0.25, 0.3) is 0 Å². The van der Waals surface area contributed by atoms with E-state index < -0.39 is 0 Å². The van der Waals surface area contributed by atoms with Crippen molar-refractivity contribution in [2.45, 2.75) is 13.8 Å². The van der Waals surface area contributed by atoms with Crippen molar-refractivity contribution < 1.29 is 4.74 Å². The molecule has 104 valence electrons. The van der Waals surface area contributed by atoms with Crippen molar-refractivity contribution >= 4 is 40.4 Å². The second-order valence-electron chi connectivity index (χ2n) is 4.45. The fourth-order valence-corrected chi connectivity index (χ4v) is 2.56. The zero-order valence-electron chi connectivity index (χ0n) is 11.0. The summed E-state index contributed by atoms with van der Waals surface area (Å²) in [5.74, 6) is 1.20. The smallest absolute Gasteiger partial charge is 0.139 e. The molecule has 0 heterocycles. The third-order valence-electron chi connectivity index (χ3n) is 2.86. The summed E-state index contributed by atoms with van der Waals surface area (Å²) >= 11 is 17.3. The number of hydrogen-bond donors (Lipinski definition) is 1. The lowest BCUT2D eigenvalue weighted by Gasteiger charge is -2.13. The minimum absolute atomic E-state index is 0.202. The third kappa shape index (κ3) is 3.06. The highest BCUT2D eigenvalue weighted by Crippen LogP contribution is 2.33. The summed E-state index contributed by atoms with van der Waals surface area (Å²) < 4.78 is 5.86. The first-order chi connectivity index (χ1) is 9.40. The normalized spacial score (nSPS) is 10.4. The van der Waals surface area contributed by atoms with E-state index in [1.165, 1.54) is 0 Å². The van der Waals surface area contributed by atoms with Crippen LogP contribution in [-0.2, 0) is 0 Å². The molecule has 5 heteroatoms. The van der Waals surface area contributed by atoms with E-state index in [1.54, 1.807) is 18.2 Å². The van der Waals surface area contributed by atoms with Gasteiger partial charge in [0.15, 0.2) is 0 Å². The van der Waals surface area contributed by atoms with E-state index in [2.05, 4.69) is 0 Å². The van der Waals surface area contributed by atoms with Crippen molar-refractivity contribution in [3.8, 4) is 11.5 Å². The Morgan fingerprint density at radius 1 is 1.15 bits per heavy atom. The monoisotopic (exact) mass is 325 g/mol. The fourth-order valence-electron chi connectivity index (χ4n) is 1.92. The van der Waals surface area contributed by atoms with E-state index in [9.17, 15) is 0 Å². The fraction of sp³-hybridized carbons (Fsp3) is 0.133. The lowest BCUT2D eigenvalue weighted by molar-refractivity contribution is 0.481. The Morgan fingerprint density at radius 3 is 2.30 bits per heavy atom. The number of halogens is 2. The molecule has 0 atom stereocenters. The van der Waals surface area contributed by atoms with Crippen LogP contribution in [0.4, 0.5) is 0 Å². The Balaban J connectivity index is 2.45. The molecular formula is C15H13Cl2NOS. The number of hydrogen-bond acceptors (Lipinski definition) is 2. The van der Waals surface area contributed by atoms with Crippen LogP contribution in [0.1, 0.15) is 16.7 Å². The van der Waals surface area contributed by atoms with Gasteiger partial charge in [-0.3, -0.25) is 0 Å². The molecule has 20 heavy (non-hydrogen) atoms. The molecule has 0 aromatic heterocycles. The van der Waals surface area contributed by atoms with Crippen LogP contribution >= 0.6 is 35.4 Å². The lowest BCUT2D eigenvalue weighted by Crippen LogP contribution is -2.11. The first-order valence-corrected chi connectivity index (χ1v) is 7.09. The summed E-state index contributed by atoms with van der Waals surface area (Å²) in [6.45, 7) is 3.85. The van der Waals surface area contributed by atoms with Gasteiger partial charge in [0, 0.05) is 5.02 Å². The van der Waals surface area contributed by atoms with Gasteiger partial charge in [-0.25, -0.2) is 0 Å². The first-order valence-electron chi connectivity index (χ1n) is 5.93. The van der Waals surface area contributed by atoms with Gasteiger partial charge in [-0.15, -0.1) is 0 Å². The minimum Gasteiger partial charge on any atom is -0.457 e. The summed E-state index contributed by atoms with van der Waals surface area (Å²) in [4.78, 5) is 0.202. The average molecular weight is 326 g/mol. The molecule has 2 rings (SSSR count). The van der Waals surface area contributed by atoms with Crippen LogP contribution < -0.4 is 10.5 Å². The van der Waals surface area contributed by atoms with Crippen molar-refractivity contribution in [1.29, 1.82) is 0 Å². The highest BCUT2D eigenvalue weighted by molar-refractivity contribution is 7.80. The van der Waals surface area contributed by atoms with E-state index in [4.69, 9.17) is 45.9 Å². The number of nitrogens with two attached hydrogens (primary N) is 1. The van der Waals surface area contributed by atoms with Gasteiger partial charge in [-0.1, -0.05) is 41.5 Å². The number of rotatable bonds is 3. The van der Waals surface area contributed by atoms with E-state index in [1.807, 2.05) is 26.0 Å². The molecule has 0 saturated heterocycles. The van der Waals surface area contributed by atoms with Crippen LogP contribution in [0.5, 0.6) is 11.5 Å². The van der Waals surface area contributed by atoms with Crippen molar-refractivity contribution in [3.05, 3.63) is 57.1 Å². The molecule has 0 fully saturated rings. The molecule has 0 amide bonds. The maximum Gasteiger partial charge on any atom is 0.139 e. The quantitative estimate of drug-likeness (QED) is 0.803. The second-order valence-corrected chi connectivity index (χ2v) is 5.68. The van der Waals surface area contributed by atoms with Crippen molar-refractivity contribution in [3.63, 3.8) is 0 Å². The van der Waals surface area contributed by atoms with Crippen LogP contribution in [0, 0.1) is 13.8 Å². The zero-order chi connectivity index (χ0) is 14.9. The van der Waals surface area contributed by atoms with Gasteiger partial charge >= 0.3 is 0 Å². The minimum atomic E-state index is 0.202. The zero-order valence-corrected chi connectivity index (χ0v) is 13.4. The van der Waals surface area contributed by atoms with Crippen LogP contribution in [0.2, 0.25) is 10.0 Å². The standard InChI is InChI=1S/C15H13Cl2NOS/c1-8-6-10(7-9(2)14(8)17)19-12-5-3-4-11(16)13(12)15(18)20/h3-7H,1-2H3,(H2,18,20). The van der Waals surface area contributed by atoms with Gasteiger partial charge in [0.05, 0.1) is 10.6 Å². The van der Waals surface area contributed by atoms with Gasteiger partial charge in [0.1, 0.15) is 16.5 Å². The number of ether oxygens (including phenoxy) is 1. The van der Waals surface area contributed by atoms with Crippen LogP contribution in [0.3, 0.4) is 0 Å². The Bertz CT molecular complexity index is 663. The predicted molar refractivity (Wildman–Crippen MR) is 88.3 cm³/mol. The summed E-state index contributed by atoms with van der Waals surface area (Å²) in [7, 11) is 0. The highest BCUT2D eigenvalue weighted by atomic mass is 35.5. The number of aryl methyl sites for hydroxylation is 2.